The number of hydrogen-bond acceptors (Lipinski definition) is 4. The summed E-state index contributed by atoms with van der Waals surface area (Å²) < 4.78 is 4.66. The normalized spacial score (nSPS) is 10.3. The van der Waals surface area contributed by atoms with Crippen molar-refractivity contribution in [2.24, 2.45) is 0 Å². The predicted octanol–water partition coefficient (Wildman–Crippen LogP) is 2.44. The highest BCUT2D eigenvalue weighted by Crippen LogP contribution is 2.24. The molecule has 0 aliphatic heterocycles. The van der Waals surface area contributed by atoms with Crippen LogP contribution in [0.2, 0.25) is 10.4 Å². The van der Waals surface area contributed by atoms with Gasteiger partial charge in [0, 0.05) is 12.3 Å². The number of halogens is 2. The average Bonchev–Trinajstić information content (AvgIpc) is 2.56. The summed E-state index contributed by atoms with van der Waals surface area (Å²) in [6.07, 6.45) is 2.94. The van der Waals surface area contributed by atoms with Crippen LogP contribution in [0.25, 0.3) is 11.3 Å². The van der Waals surface area contributed by atoms with Gasteiger partial charge in [0.2, 0.25) is 5.28 Å². The van der Waals surface area contributed by atoms with Crippen LogP contribution < -0.4 is 0 Å². The Bertz CT molecular complexity index is 416. The Morgan fingerprint density at radius 3 is 2.77 bits per heavy atom. The van der Waals surface area contributed by atoms with Gasteiger partial charge in [-0.15, -0.1) is 0 Å². The van der Waals surface area contributed by atoms with Gasteiger partial charge in [-0.2, -0.15) is 0 Å². The van der Waals surface area contributed by atoms with Crippen molar-refractivity contribution in [3.63, 3.8) is 0 Å². The highest BCUT2D eigenvalue weighted by atomic mass is 35.5. The summed E-state index contributed by atoms with van der Waals surface area (Å²) in [6, 6.07) is 1.67. The number of aromatic nitrogens is 3. The van der Waals surface area contributed by atoms with Crippen molar-refractivity contribution in [3.05, 3.63) is 29.0 Å². The van der Waals surface area contributed by atoms with Crippen LogP contribution in [0.3, 0.4) is 0 Å². The van der Waals surface area contributed by atoms with E-state index in [1.54, 1.807) is 6.07 Å². The van der Waals surface area contributed by atoms with E-state index in [0.717, 1.165) is 0 Å². The molecule has 4 nitrogen and oxygen atoms in total. The van der Waals surface area contributed by atoms with Gasteiger partial charge in [-0.1, -0.05) is 16.8 Å². The second-order valence-electron chi connectivity index (χ2n) is 2.23. The van der Waals surface area contributed by atoms with E-state index in [2.05, 4.69) is 19.6 Å². The maximum Gasteiger partial charge on any atom is 0.223 e. The van der Waals surface area contributed by atoms with Gasteiger partial charge in [0.05, 0.1) is 5.56 Å². The molecule has 2 aromatic heterocycles. The minimum Gasteiger partial charge on any atom is -0.364 e. The maximum atomic E-state index is 5.80. The van der Waals surface area contributed by atoms with Crippen molar-refractivity contribution >= 4 is 23.2 Å². The minimum atomic E-state index is 0.109. The lowest BCUT2D eigenvalue weighted by molar-refractivity contribution is 0.422. The molecular formula is C7H3Cl2N3O. The van der Waals surface area contributed by atoms with Crippen LogP contribution in [0.15, 0.2) is 23.0 Å². The molecule has 0 spiro atoms. The minimum absolute atomic E-state index is 0.109. The lowest BCUT2D eigenvalue weighted by Gasteiger charge is -1.97. The quantitative estimate of drug-likeness (QED) is 0.542. The first-order valence-corrected chi connectivity index (χ1v) is 4.12. The fourth-order valence-corrected chi connectivity index (χ4v) is 1.27. The topological polar surface area (TPSA) is 51.8 Å². The molecule has 2 aromatic rings. The standard InChI is InChI=1S/C7H3Cl2N3O/c8-6-4(3-10-7(9)11-6)5-1-2-13-12-5/h1-3H. The molecule has 2 heterocycles. The molecule has 0 aromatic carbocycles. The Morgan fingerprint density at radius 1 is 1.31 bits per heavy atom. The zero-order valence-electron chi connectivity index (χ0n) is 6.24. The summed E-state index contributed by atoms with van der Waals surface area (Å²) in [4.78, 5) is 7.55. The Hall–Kier alpha value is -1.13. The lowest BCUT2D eigenvalue weighted by Crippen LogP contribution is -1.87. The smallest absolute Gasteiger partial charge is 0.223 e. The lowest BCUT2D eigenvalue weighted by atomic mass is 10.2. The van der Waals surface area contributed by atoms with E-state index >= 15 is 0 Å². The van der Waals surface area contributed by atoms with Gasteiger partial charge >= 0.3 is 0 Å². The van der Waals surface area contributed by atoms with Crippen molar-refractivity contribution < 1.29 is 4.52 Å². The molecule has 0 amide bonds. The summed E-state index contributed by atoms with van der Waals surface area (Å²) in [5, 5.41) is 4.06. The molecular weight excluding hydrogens is 213 g/mol. The third kappa shape index (κ3) is 1.64. The maximum absolute atomic E-state index is 5.80. The molecule has 13 heavy (non-hydrogen) atoms. The molecule has 0 aliphatic carbocycles. The fourth-order valence-electron chi connectivity index (χ4n) is 0.864. The van der Waals surface area contributed by atoms with Crippen molar-refractivity contribution in [1.29, 1.82) is 0 Å². The van der Waals surface area contributed by atoms with E-state index < -0.39 is 0 Å². The zero-order chi connectivity index (χ0) is 9.26. The first-order valence-electron chi connectivity index (χ1n) is 3.36. The number of nitrogens with zero attached hydrogens (tertiary/aromatic N) is 3. The predicted molar refractivity (Wildman–Crippen MR) is 47.5 cm³/mol. The fraction of sp³-hybridized carbons (Fsp3) is 0. The third-order valence-corrected chi connectivity index (χ3v) is 1.90. The molecule has 0 bridgehead atoms. The van der Waals surface area contributed by atoms with Crippen LogP contribution in [0, 0.1) is 0 Å². The third-order valence-electron chi connectivity index (χ3n) is 1.43. The largest absolute Gasteiger partial charge is 0.364 e. The van der Waals surface area contributed by atoms with Gasteiger partial charge in [-0.05, 0) is 11.6 Å². The van der Waals surface area contributed by atoms with Crippen LogP contribution in [0.4, 0.5) is 0 Å². The molecule has 0 aliphatic rings. The monoisotopic (exact) mass is 215 g/mol. The summed E-state index contributed by atoms with van der Waals surface area (Å²) >= 11 is 11.3. The van der Waals surface area contributed by atoms with Gasteiger partial charge < -0.3 is 4.52 Å². The molecule has 0 saturated carbocycles. The molecule has 2 rings (SSSR count). The van der Waals surface area contributed by atoms with Gasteiger partial charge in [0.25, 0.3) is 0 Å². The average molecular weight is 216 g/mol. The Labute approximate surface area is 83.5 Å². The second-order valence-corrected chi connectivity index (χ2v) is 2.92. The van der Waals surface area contributed by atoms with Gasteiger partial charge in [0.15, 0.2) is 0 Å². The molecule has 66 valence electrons. The van der Waals surface area contributed by atoms with E-state index in [9.17, 15) is 0 Å². The Balaban J connectivity index is 2.53. The first kappa shape index (κ1) is 8.47. The molecule has 0 fully saturated rings. The van der Waals surface area contributed by atoms with E-state index in [1.807, 2.05) is 0 Å². The Morgan fingerprint density at radius 2 is 2.15 bits per heavy atom. The first-order chi connectivity index (χ1) is 6.27. The van der Waals surface area contributed by atoms with E-state index in [-0.39, 0.29) is 10.4 Å². The second kappa shape index (κ2) is 3.32. The van der Waals surface area contributed by atoms with Crippen molar-refractivity contribution in [2.75, 3.05) is 0 Å². The van der Waals surface area contributed by atoms with Crippen molar-refractivity contribution in [3.8, 4) is 11.3 Å². The van der Waals surface area contributed by atoms with Crippen molar-refractivity contribution in [1.82, 2.24) is 15.1 Å². The highest BCUT2D eigenvalue weighted by molar-refractivity contribution is 6.33. The number of rotatable bonds is 1. The molecule has 0 radical (unpaired) electrons. The van der Waals surface area contributed by atoms with Gasteiger partial charge in [0.1, 0.15) is 17.1 Å². The van der Waals surface area contributed by atoms with Crippen LogP contribution >= 0.6 is 23.2 Å². The van der Waals surface area contributed by atoms with Crippen LogP contribution in [0.1, 0.15) is 0 Å². The summed E-state index contributed by atoms with van der Waals surface area (Å²) in [5.74, 6) is 0. The van der Waals surface area contributed by atoms with Crippen LogP contribution in [0.5, 0.6) is 0 Å². The van der Waals surface area contributed by atoms with Crippen molar-refractivity contribution in [2.45, 2.75) is 0 Å². The number of hydrogen-bond donors (Lipinski definition) is 0. The molecule has 0 unspecified atom stereocenters. The summed E-state index contributed by atoms with van der Waals surface area (Å²) in [6.45, 7) is 0. The zero-order valence-corrected chi connectivity index (χ0v) is 7.75. The molecule has 0 saturated heterocycles. The van der Waals surface area contributed by atoms with Gasteiger partial charge in [-0.3, -0.25) is 0 Å². The summed E-state index contributed by atoms with van der Waals surface area (Å²) in [7, 11) is 0. The van der Waals surface area contributed by atoms with E-state index in [0.29, 0.717) is 11.3 Å². The summed E-state index contributed by atoms with van der Waals surface area (Å²) in [5.41, 5.74) is 1.18. The molecule has 0 N–H and O–H groups in total. The van der Waals surface area contributed by atoms with E-state index in [1.165, 1.54) is 12.5 Å². The molecule has 0 atom stereocenters. The molecule has 6 heteroatoms. The van der Waals surface area contributed by atoms with Crippen LogP contribution in [-0.4, -0.2) is 15.1 Å². The van der Waals surface area contributed by atoms with E-state index in [4.69, 9.17) is 23.2 Å². The highest BCUT2D eigenvalue weighted by Gasteiger charge is 2.08. The SMILES string of the molecule is Clc1ncc(-c2ccon2)c(Cl)n1. The van der Waals surface area contributed by atoms with Gasteiger partial charge in [-0.25, -0.2) is 9.97 Å². The van der Waals surface area contributed by atoms with Crippen LogP contribution in [-0.2, 0) is 0 Å². The Kier molecular flexibility index (Phi) is 2.16.